The fourth-order valence-electron chi connectivity index (χ4n) is 3.17. The number of ether oxygens (including phenoxy) is 2. The highest BCUT2D eigenvalue weighted by molar-refractivity contribution is 7.89. The second kappa shape index (κ2) is 10.6. The molecule has 0 bridgehead atoms. The average molecular weight is 479 g/mol. The normalized spacial score (nSPS) is 15.0. The number of sulfonamides is 1. The number of hydrogen-bond acceptors (Lipinski definition) is 6. The quantitative estimate of drug-likeness (QED) is 0.448. The first-order valence-corrected chi connectivity index (χ1v) is 11.6. The van der Waals surface area contributed by atoms with Crippen molar-refractivity contribution in [2.24, 2.45) is 0 Å². The van der Waals surface area contributed by atoms with Crippen LogP contribution in [0.4, 0.5) is 0 Å². The molecule has 0 unspecified atom stereocenters. The molecule has 2 aromatic rings. The number of amides is 1. The standard InChI is InChI=1S/C22H23ClN2O6S/c1-30-20-5-3-2-4-17(20)6-11-22(27)31-16-21(26)24-12-14-25(15-13-24)32(28,29)19-9-7-18(23)8-10-19/h2-11H,12-16H2,1H3/b11-6+. The van der Waals surface area contributed by atoms with Crippen LogP contribution in [0.2, 0.25) is 5.02 Å². The molecule has 1 aliphatic rings. The lowest BCUT2D eigenvalue weighted by Crippen LogP contribution is -2.51. The van der Waals surface area contributed by atoms with Gasteiger partial charge in [0.1, 0.15) is 5.75 Å². The van der Waals surface area contributed by atoms with E-state index in [1.165, 1.54) is 46.7 Å². The van der Waals surface area contributed by atoms with Crippen molar-refractivity contribution in [3.05, 3.63) is 65.2 Å². The number of piperazine rings is 1. The maximum absolute atomic E-state index is 12.7. The number of methoxy groups -OCH3 is 1. The van der Waals surface area contributed by atoms with Crippen LogP contribution < -0.4 is 4.74 Å². The molecule has 10 heteroatoms. The topological polar surface area (TPSA) is 93.2 Å². The van der Waals surface area contributed by atoms with E-state index in [0.717, 1.165) is 0 Å². The molecule has 0 saturated carbocycles. The van der Waals surface area contributed by atoms with Gasteiger partial charge in [0, 0.05) is 42.8 Å². The molecule has 0 atom stereocenters. The highest BCUT2D eigenvalue weighted by atomic mass is 35.5. The Morgan fingerprint density at radius 2 is 1.69 bits per heavy atom. The third-order valence-corrected chi connectivity index (χ3v) is 7.08. The van der Waals surface area contributed by atoms with Gasteiger partial charge in [0.2, 0.25) is 10.0 Å². The van der Waals surface area contributed by atoms with Crippen molar-refractivity contribution in [3.8, 4) is 5.75 Å². The summed E-state index contributed by atoms with van der Waals surface area (Å²) in [6.45, 7) is 0.302. The molecule has 1 amide bonds. The Bertz CT molecular complexity index is 1090. The minimum absolute atomic E-state index is 0.150. The molecule has 1 heterocycles. The summed E-state index contributed by atoms with van der Waals surface area (Å²) in [5.74, 6) is -0.431. The second-order valence-electron chi connectivity index (χ2n) is 6.92. The number of nitrogens with zero attached hydrogens (tertiary/aromatic N) is 2. The number of esters is 1. The van der Waals surface area contributed by atoms with Crippen LogP contribution in [-0.4, -0.2) is 69.4 Å². The molecular weight excluding hydrogens is 456 g/mol. The van der Waals surface area contributed by atoms with Crippen LogP contribution >= 0.6 is 11.6 Å². The predicted octanol–water partition coefficient (Wildman–Crippen LogP) is 2.44. The number of benzene rings is 2. The Hall–Kier alpha value is -2.88. The Morgan fingerprint density at radius 3 is 2.34 bits per heavy atom. The first-order valence-electron chi connectivity index (χ1n) is 9.82. The SMILES string of the molecule is COc1ccccc1/C=C/C(=O)OCC(=O)N1CCN(S(=O)(=O)c2ccc(Cl)cc2)CC1. The molecule has 32 heavy (non-hydrogen) atoms. The van der Waals surface area contributed by atoms with Gasteiger partial charge in [-0.05, 0) is 36.4 Å². The van der Waals surface area contributed by atoms with Crippen LogP contribution in [0.3, 0.4) is 0 Å². The molecular formula is C22H23ClN2O6S. The number of halogens is 1. The Labute approximate surface area is 192 Å². The van der Waals surface area contributed by atoms with Crippen LogP contribution in [0.25, 0.3) is 6.08 Å². The van der Waals surface area contributed by atoms with E-state index in [-0.39, 0.29) is 37.0 Å². The van der Waals surface area contributed by atoms with Crippen molar-refractivity contribution in [2.75, 3.05) is 39.9 Å². The summed E-state index contributed by atoms with van der Waals surface area (Å²) >= 11 is 5.82. The van der Waals surface area contributed by atoms with Gasteiger partial charge in [0.15, 0.2) is 6.61 Å². The summed E-state index contributed by atoms with van der Waals surface area (Å²) in [6.07, 6.45) is 2.77. The zero-order valence-corrected chi connectivity index (χ0v) is 19.0. The van der Waals surface area contributed by atoms with Gasteiger partial charge < -0.3 is 14.4 Å². The fourth-order valence-corrected chi connectivity index (χ4v) is 4.72. The van der Waals surface area contributed by atoms with E-state index in [2.05, 4.69) is 0 Å². The zero-order valence-electron chi connectivity index (χ0n) is 17.4. The van der Waals surface area contributed by atoms with Crippen molar-refractivity contribution < 1.29 is 27.5 Å². The number of para-hydroxylation sites is 1. The number of carbonyl (C=O) groups is 2. The Balaban J connectivity index is 1.48. The first-order chi connectivity index (χ1) is 15.3. The van der Waals surface area contributed by atoms with E-state index in [4.69, 9.17) is 21.1 Å². The lowest BCUT2D eigenvalue weighted by Gasteiger charge is -2.33. The Morgan fingerprint density at radius 1 is 1.03 bits per heavy atom. The van der Waals surface area contributed by atoms with Crippen molar-refractivity contribution in [2.45, 2.75) is 4.90 Å². The smallest absolute Gasteiger partial charge is 0.331 e. The largest absolute Gasteiger partial charge is 0.496 e. The van der Waals surface area contributed by atoms with Gasteiger partial charge in [-0.2, -0.15) is 4.31 Å². The molecule has 2 aromatic carbocycles. The monoisotopic (exact) mass is 478 g/mol. The van der Waals surface area contributed by atoms with E-state index in [1.54, 1.807) is 18.2 Å². The third-order valence-electron chi connectivity index (χ3n) is 4.92. The van der Waals surface area contributed by atoms with Gasteiger partial charge in [-0.25, -0.2) is 13.2 Å². The molecule has 0 radical (unpaired) electrons. The molecule has 8 nitrogen and oxygen atoms in total. The third kappa shape index (κ3) is 5.87. The van der Waals surface area contributed by atoms with Crippen molar-refractivity contribution >= 4 is 39.6 Å². The van der Waals surface area contributed by atoms with Crippen LogP contribution in [0, 0.1) is 0 Å². The maximum atomic E-state index is 12.7. The summed E-state index contributed by atoms with van der Waals surface area (Å²) < 4.78 is 37.0. The van der Waals surface area contributed by atoms with E-state index < -0.39 is 22.6 Å². The zero-order chi connectivity index (χ0) is 23.1. The average Bonchev–Trinajstić information content (AvgIpc) is 2.81. The minimum atomic E-state index is -3.66. The maximum Gasteiger partial charge on any atom is 0.331 e. The molecule has 3 rings (SSSR count). The van der Waals surface area contributed by atoms with Crippen LogP contribution in [0.15, 0.2) is 59.5 Å². The summed E-state index contributed by atoms with van der Waals surface area (Å²) in [4.78, 5) is 25.9. The number of hydrogen-bond donors (Lipinski definition) is 0. The summed E-state index contributed by atoms with van der Waals surface area (Å²) in [7, 11) is -2.13. The van der Waals surface area contributed by atoms with E-state index >= 15 is 0 Å². The fraction of sp³-hybridized carbons (Fsp3) is 0.273. The predicted molar refractivity (Wildman–Crippen MR) is 120 cm³/mol. The number of rotatable bonds is 7. The Kier molecular flexibility index (Phi) is 7.89. The van der Waals surface area contributed by atoms with Gasteiger partial charge in [0.25, 0.3) is 5.91 Å². The highest BCUT2D eigenvalue weighted by Crippen LogP contribution is 2.20. The molecule has 1 saturated heterocycles. The highest BCUT2D eigenvalue weighted by Gasteiger charge is 2.30. The lowest BCUT2D eigenvalue weighted by molar-refractivity contribution is -0.148. The molecule has 0 N–H and O–H groups in total. The minimum Gasteiger partial charge on any atom is -0.496 e. The molecule has 1 fully saturated rings. The van der Waals surface area contributed by atoms with Gasteiger partial charge in [-0.15, -0.1) is 0 Å². The first kappa shape index (κ1) is 23.8. The molecule has 0 aromatic heterocycles. The molecule has 170 valence electrons. The van der Waals surface area contributed by atoms with E-state index in [1.807, 2.05) is 12.1 Å². The molecule has 1 aliphatic heterocycles. The van der Waals surface area contributed by atoms with Gasteiger partial charge >= 0.3 is 5.97 Å². The van der Waals surface area contributed by atoms with Gasteiger partial charge in [0.05, 0.1) is 12.0 Å². The van der Waals surface area contributed by atoms with Crippen LogP contribution in [0.5, 0.6) is 5.75 Å². The second-order valence-corrected chi connectivity index (χ2v) is 9.30. The van der Waals surface area contributed by atoms with E-state index in [0.29, 0.717) is 16.3 Å². The van der Waals surface area contributed by atoms with Crippen molar-refractivity contribution in [1.29, 1.82) is 0 Å². The lowest BCUT2D eigenvalue weighted by atomic mass is 10.2. The molecule has 0 spiro atoms. The number of carbonyl (C=O) groups excluding carboxylic acids is 2. The van der Waals surface area contributed by atoms with E-state index in [9.17, 15) is 18.0 Å². The van der Waals surface area contributed by atoms with Gasteiger partial charge in [-0.3, -0.25) is 4.79 Å². The van der Waals surface area contributed by atoms with Crippen molar-refractivity contribution in [3.63, 3.8) is 0 Å². The molecule has 0 aliphatic carbocycles. The van der Waals surface area contributed by atoms with Crippen LogP contribution in [0.1, 0.15) is 5.56 Å². The summed E-state index contributed by atoms with van der Waals surface area (Å²) in [5.41, 5.74) is 0.705. The summed E-state index contributed by atoms with van der Waals surface area (Å²) in [6, 6.07) is 13.1. The van der Waals surface area contributed by atoms with Crippen LogP contribution in [-0.2, 0) is 24.3 Å². The summed E-state index contributed by atoms with van der Waals surface area (Å²) in [5, 5.41) is 0.451. The van der Waals surface area contributed by atoms with Crippen molar-refractivity contribution in [1.82, 2.24) is 9.21 Å². The van der Waals surface area contributed by atoms with Gasteiger partial charge in [-0.1, -0.05) is 29.8 Å².